The standard InChI is InChI=1S/C14H28/c1-6-10-13(11-7-2)14(5,9-4)12-8-3/h6,13H,1,7-12H2,2-5H3. The molecular formula is C14H28. The lowest BCUT2D eigenvalue weighted by Crippen LogP contribution is -2.26. The van der Waals surface area contributed by atoms with Gasteiger partial charge >= 0.3 is 0 Å². The molecule has 0 heteroatoms. The summed E-state index contributed by atoms with van der Waals surface area (Å²) in [5, 5.41) is 0. The van der Waals surface area contributed by atoms with Gasteiger partial charge in [0.1, 0.15) is 0 Å². The second kappa shape index (κ2) is 7.09. The van der Waals surface area contributed by atoms with Gasteiger partial charge in [-0.05, 0) is 30.6 Å². The van der Waals surface area contributed by atoms with Gasteiger partial charge in [0.2, 0.25) is 0 Å². The van der Waals surface area contributed by atoms with Crippen molar-refractivity contribution in [3.63, 3.8) is 0 Å². The second-order valence-corrected chi connectivity index (χ2v) is 4.77. The highest BCUT2D eigenvalue weighted by Crippen LogP contribution is 2.40. The molecule has 2 unspecified atom stereocenters. The first-order chi connectivity index (χ1) is 6.64. The van der Waals surface area contributed by atoms with E-state index in [2.05, 4.69) is 40.3 Å². The molecular weight excluding hydrogens is 168 g/mol. The van der Waals surface area contributed by atoms with Crippen LogP contribution in [0.2, 0.25) is 0 Å². The second-order valence-electron chi connectivity index (χ2n) is 4.77. The molecule has 0 aromatic heterocycles. The molecule has 0 fully saturated rings. The molecule has 0 bridgehead atoms. The minimum absolute atomic E-state index is 0.541. The molecule has 0 radical (unpaired) electrons. The quantitative estimate of drug-likeness (QED) is 0.468. The summed E-state index contributed by atoms with van der Waals surface area (Å²) in [7, 11) is 0. The van der Waals surface area contributed by atoms with Crippen molar-refractivity contribution in [2.75, 3.05) is 0 Å². The van der Waals surface area contributed by atoms with E-state index in [1.165, 1.54) is 38.5 Å². The lowest BCUT2D eigenvalue weighted by molar-refractivity contribution is 0.149. The molecule has 0 spiro atoms. The van der Waals surface area contributed by atoms with Crippen LogP contribution in [0.3, 0.4) is 0 Å². The van der Waals surface area contributed by atoms with Gasteiger partial charge in [0.25, 0.3) is 0 Å². The molecule has 0 aliphatic carbocycles. The molecule has 0 nitrogen and oxygen atoms in total. The molecule has 2 atom stereocenters. The SMILES string of the molecule is C=CCC(CCC)C(C)(CC)CCC. The smallest absolute Gasteiger partial charge is 0.0297 e. The fourth-order valence-electron chi connectivity index (χ4n) is 2.54. The first kappa shape index (κ1) is 13.7. The highest BCUT2D eigenvalue weighted by molar-refractivity contribution is 4.85. The molecule has 0 aliphatic rings. The molecule has 0 amide bonds. The minimum atomic E-state index is 0.541. The summed E-state index contributed by atoms with van der Waals surface area (Å²) in [5.74, 6) is 0.843. The van der Waals surface area contributed by atoms with Crippen molar-refractivity contribution in [3.8, 4) is 0 Å². The average molecular weight is 196 g/mol. The van der Waals surface area contributed by atoms with E-state index < -0.39 is 0 Å². The first-order valence-electron chi connectivity index (χ1n) is 6.25. The predicted octanol–water partition coefficient (Wildman–Crippen LogP) is 5.20. The van der Waals surface area contributed by atoms with Gasteiger partial charge in [0, 0.05) is 0 Å². The summed E-state index contributed by atoms with van der Waals surface area (Å²) in [6.07, 6.45) is 9.93. The van der Waals surface area contributed by atoms with E-state index in [9.17, 15) is 0 Å². The Labute approximate surface area is 90.8 Å². The first-order valence-corrected chi connectivity index (χ1v) is 6.25. The van der Waals surface area contributed by atoms with Crippen molar-refractivity contribution in [3.05, 3.63) is 12.7 Å². The maximum absolute atomic E-state index is 3.89. The van der Waals surface area contributed by atoms with E-state index in [1.54, 1.807) is 0 Å². The van der Waals surface area contributed by atoms with Gasteiger partial charge in [-0.15, -0.1) is 6.58 Å². The third-order valence-electron chi connectivity index (χ3n) is 3.70. The molecule has 0 heterocycles. The molecule has 0 saturated heterocycles. The molecule has 0 rings (SSSR count). The number of rotatable bonds is 8. The summed E-state index contributed by atoms with van der Waals surface area (Å²) in [6, 6.07) is 0. The van der Waals surface area contributed by atoms with E-state index in [-0.39, 0.29) is 0 Å². The van der Waals surface area contributed by atoms with E-state index in [4.69, 9.17) is 0 Å². The summed E-state index contributed by atoms with van der Waals surface area (Å²) >= 11 is 0. The Morgan fingerprint density at radius 3 is 2.21 bits per heavy atom. The van der Waals surface area contributed by atoms with Crippen LogP contribution in [0, 0.1) is 11.3 Å². The number of hydrogen-bond acceptors (Lipinski definition) is 0. The Kier molecular flexibility index (Phi) is 6.96. The molecule has 0 aliphatic heterocycles. The summed E-state index contributed by atoms with van der Waals surface area (Å²) in [4.78, 5) is 0. The van der Waals surface area contributed by atoms with Gasteiger partial charge in [0.05, 0.1) is 0 Å². The Hall–Kier alpha value is -0.260. The van der Waals surface area contributed by atoms with Crippen molar-refractivity contribution < 1.29 is 0 Å². The molecule has 0 N–H and O–H groups in total. The summed E-state index contributed by atoms with van der Waals surface area (Å²) in [6.45, 7) is 13.3. The monoisotopic (exact) mass is 196 g/mol. The van der Waals surface area contributed by atoms with Crippen molar-refractivity contribution in [2.45, 2.75) is 66.2 Å². The zero-order chi connectivity index (χ0) is 11.0. The van der Waals surface area contributed by atoms with E-state index in [0.717, 1.165) is 5.92 Å². The lowest BCUT2D eigenvalue weighted by atomic mass is 9.69. The van der Waals surface area contributed by atoms with Crippen molar-refractivity contribution in [1.82, 2.24) is 0 Å². The van der Waals surface area contributed by atoms with Crippen LogP contribution in [0.15, 0.2) is 12.7 Å². The Bertz CT molecular complexity index is 148. The molecule has 0 saturated carbocycles. The van der Waals surface area contributed by atoms with Crippen molar-refractivity contribution >= 4 is 0 Å². The van der Waals surface area contributed by atoms with Gasteiger partial charge in [0.15, 0.2) is 0 Å². The Morgan fingerprint density at radius 1 is 1.21 bits per heavy atom. The van der Waals surface area contributed by atoms with Gasteiger partial charge in [-0.2, -0.15) is 0 Å². The molecule has 84 valence electrons. The number of hydrogen-bond donors (Lipinski definition) is 0. The molecule has 0 aromatic carbocycles. The van der Waals surface area contributed by atoms with Gasteiger partial charge in [-0.3, -0.25) is 0 Å². The highest BCUT2D eigenvalue weighted by Gasteiger charge is 2.29. The van der Waals surface area contributed by atoms with Crippen LogP contribution >= 0.6 is 0 Å². The molecule has 14 heavy (non-hydrogen) atoms. The fraction of sp³-hybridized carbons (Fsp3) is 0.857. The van der Waals surface area contributed by atoms with Gasteiger partial charge in [-0.25, -0.2) is 0 Å². The van der Waals surface area contributed by atoms with E-state index in [0.29, 0.717) is 5.41 Å². The Balaban J connectivity index is 4.44. The highest BCUT2D eigenvalue weighted by atomic mass is 14.3. The summed E-state index contributed by atoms with van der Waals surface area (Å²) < 4.78 is 0. The minimum Gasteiger partial charge on any atom is -0.103 e. The van der Waals surface area contributed by atoms with Crippen LogP contribution < -0.4 is 0 Å². The Morgan fingerprint density at radius 2 is 1.86 bits per heavy atom. The lowest BCUT2D eigenvalue weighted by Gasteiger charge is -2.37. The zero-order valence-corrected chi connectivity index (χ0v) is 10.6. The third-order valence-corrected chi connectivity index (χ3v) is 3.70. The van der Waals surface area contributed by atoms with Crippen LogP contribution in [0.25, 0.3) is 0 Å². The summed E-state index contributed by atoms with van der Waals surface area (Å²) in [5.41, 5.74) is 0.541. The third kappa shape index (κ3) is 3.86. The van der Waals surface area contributed by atoms with Crippen LogP contribution in [0.1, 0.15) is 66.2 Å². The maximum atomic E-state index is 3.89. The van der Waals surface area contributed by atoms with Crippen LogP contribution in [0.4, 0.5) is 0 Å². The average Bonchev–Trinajstić information content (AvgIpc) is 2.18. The van der Waals surface area contributed by atoms with Crippen molar-refractivity contribution in [2.24, 2.45) is 11.3 Å². The van der Waals surface area contributed by atoms with Gasteiger partial charge in [-0.1, -0.05) is 53.0 Å². The molecule has 0 aromatic rings. The van der Waals surface area contributed by atoms with E-state index >= 15 is 0 Å². The maximum Gasteiger partial charge on any atom is -0.0297 e. The van der Waals surface area contributed by atoms with Crippen LogP contribution in [-0.2, 0) is 0 Å². The topological polar surface area (TPSA) is 0 Å². The van der Waals surface area contributed by atoms with Crippen molar-refractivity contribution in [1.29, 1.82) is 0 Å². The van der Waals surface area contributed by atoms with E-state index in [1.807, 2.05) is 0 Å². The van der Waals surface area contributed by atoms with Gasteiger partial charge < -0.3 is 0 Å². The number of allylic oxidation sites excluding steroid dienone is 1. The fourth-order valence-corrected chi connectivity index (χ4v) is 2.54. The van der Waals surface area contributed by atoms with Crippen LogP contribution in [-0.4, -0.2) is 0 Å². The van der Waals surface area contributed by atoms with Crippen LogP contribution in [0.5, 0.6) is 0 Å². The largest absolute Gasteiger partial charge is 0.103 e. The zero-order valence-electron chi connectivity index (χ0n) is 10.6. The normalized spacial score (nSPS) is 17.4. The predicted molar refractivity (Wildman–Crippen MR) is 66.5 cm³/mol.